The predicted molar refractivity (Wildman–Crippen MR) is 99.6 cm³/mol. The van der Waals surface area contributed by atoms with E-state index in [1.807, 2.05) is 11.8 Å². The van der Waals surface area contributed by atoms with E-state index in [1.54, 1.807) is 0 Å². The van der Waals surface area contributed by atoms with E-state index in [0.717, 1.165) is 62.0 Å². The molecule has 1 aromatic heterocycles. The van der Waals surface area contributed by atoms with Crippen LogP contribution in [-0.2, 0) is 10.2 Å². The number of aromatic nitrogens is 2. The summed E-state index contributed by atoms with van der Waals surface area (Å²) in [5, 5.41) is 8.79. The summed E-state index contributed by atoms with van der Waals surface area (Å²) in [5.74, 6) is 3.65. The molecule has 2 aliphatic heterocycles. The number of anilines is 1. The van der Waals surface area contributed by atoms with Crippen molar-refractivity contribution < 1.29 is 4.79 Å². The van der Waals surface area contributed by atoms with Gasteiger partial charge in [0.15, 0.2) is 5.82 Å². The molecule has 0 unspecified atom stereocenters. The minimum absolute atomic E-state index is 0.0255. The highest BCUT2D eigenvalue weighted by Crippen LogP contribution is 2.26. The number of thioether (sulfide) groups is 1. The summed E-state index contributed by atoms with van der Waals surface area (Å²) in [6.07, 6.45) is 1.84. The highest BCUT2D eigenvalue weighted by atomic mass is 32.2. The second kappa shape index (κ2) is 7.30. The molecule has 5 nitrogen and oxygen atoms in total. The molecule has 2 saturated heterocycles. The molecule has 1 aromatic rings. The molecule has 2 aliphatic rings. The van der Waals surface area contributed by atoms with E-state index in [2.05, 4.69) is 52.9 Å². The first-order valence-corrected chi connectivity index (χ1v) is 10.1. The summed E-state index contributed by atoms with van der Waals surface area (Å²) in [7, 11) is 0. The molecule has 0 spiro atoms. The average Bonchev–Trinajstić information content (AvgIpc) is 2.61. The number of hydrogen-bond donors (Lipinski definition) is 0. The summed E-state index contributed by atoms with van der Waals surface area (Å²) < 4.78 is 0. The first kappa shape index (κ1) is 17.5. The molecule has 0 radical (unpaired) electrons. The van der Waals surface area contributed by atoms with Crippen molar-refractivity contribution in [1.82, 2.24) is 15.1 Å². The first-order chi connectivity index (χ1) is 11.4. The van der Waals surface area contributed by atoms with Crippen molar-refractivity contribution in [1.29, 1.82) is 0 Å². The van der Waals surface area contributed by atoms with Crippen molar-refractivity contribution in [3.63, 3.8) is 0 Å². The van der Waals surface area contributed by atoms with Crippen LogP contribution in [0, 0.1) is 5.92 Å². The monoisotopic (exact) mass is 348 g/mol. The fourth-order valence-electron chi connectivity index (χ4n) is 3.29. The van der Waals surface area contributed by atoms with E-state index < -0.39 is 0 Å². The van der Waals surface area contributed by atoms with Gasteiger partial charge in [0.25, 0.3) is 0 Å². The van der Waals surface area contributed by atoms with E-state index in [4.69, 9.17) is 0 Å². The Bertz CT molecular complexity index is 555. The minimum Gasteiger partial charge on any atom is -0.355 e. The molecule has 1 amide bonds. The van der Waals surface area contributed by atoms with Crippen LogP contribution >= 0.6 is 11.8 Å². The van der Waals surface area contributed by atoms with Gasteiger partial charge in [0.1, 0.15) is 0 Å². The maximum absolute atomic E-state index is 12.6. The van der Waals surface area contributed by atoms with Crippen LogP contribution in [0.5, 0.6) is 0 Å². The second-order valence-corrected chi connectivity index (χ2v) is 8.95. The van der Waals surface area contributed by atoms with Crippen LogP contribution in [0.4, 0.5) is 5.82 Å². The van der Waals surface area contributed by atoms with Crippen molar-refractivity contribution in [2.45, 2.75) is 39.0 Å². The molecule has 6 heteroatoms. The Labute approximate surface area is 149 Å². The third-order valence-corrected chi connectivity index (χ3v) is 5.85. The van der Waals surface area contributed by atoms with Crippen molar-refractivity contribution in [3.8, 4) is 0 Å². The Morgan fingerprint density at radius 2 is 1.75 bits per heavy atom. The Morgan fingerprint density at radius 1 is 1.08 bits per heavy atom. The van der Waals surface area contributed by atoms with Gasteiger partial charge in [-0.25, -0.2) is 0 Å². The fourth-order valence-corrected chi connectivity index (χ4v) is 4.19. The van der Waals surface area contributed by atoms with Crippen LogP contribution in [0.15, 0.2) is 12.1 Å². The lowest BCUT2D eigenvalue weighted by Crippen LogP contribution is -2.45. The lowest BCUT2D eigenvalue weighted by molar-refractivity contribution is -0.135. The molecule has 3 heterocycles. The van der Waals surface area contributed by atoms with Crippen molar-refractivity contribution in [2.24, 2.45) is 5.92 Å². The molecule has 0 aromatic carbocycles. The van der Waals surface area contributed by atoms with E-state index >= 15 is 0 Å². The van der Waals surface area contributed by atoms with Crippen LogP contribution in [0.1, 0.15) is 39.3 Å². The predicted octanol–water partition coefficient (Wildman–Crippen LogP) is 2.57. The van der Waals surface area contributed by atoms with Gasteiger partial charge < -0.3 is 9.80 Å². The zero-order valence-electron chi connectivity index (χ0n) is 15.0. The Morgan fingerprint density at radius 3 is 2.29 bits per heavy atom. The maximum atomic E-state index is 12.6. The third kappa shape index (κ3) is 4.02. The van der Waals surface area contributed by atoms with Gasteiger partial charge in [0, 0.05) is 49.0 Å². The molecule has 24 heavy (non-hydrogen) atoms. The van der Waals surface area contributed by atoms with E-state index in [0.29, 0.717) is 5.91 Å². The number of carbonyl (C=O) groups is 1. The standard InChI is InChI=1S/C18H28N4OS/c1-18(2,3)15-4-5-16(20-19-15)21-8-6-14(7-9-21)17(23)22-10-12-24-13-11-22/h4-5,14H,6-13H2,1-3H3. The first-order valence-electron chi connectivity index (χ1n) is 8.91. The number of amides is 1. The van der Waals surface area contributed by atoms with Crippen LogP contribution in [-0.4, -0.2) is 58.7 Å². The summed E-state index contributed by atoms with van der Waals surface area (Å²) in [5.41, 5.74) is 1.04. The van der Waals surface area contributed by atoms with Crippen LogP contribution < -0.4 is 4.90 Å². The molecule has 3 rings (SSSR count). The summed E-state index contributed by atoms with van der Waals surface area (Å²) >= 11 is 1.95. The smallest absolute Gasteiger partial charge is 0.225 e. The fraction of sp³-hybridized carbons (Fsp3) is 0.722. The molecule has 132 valence electrons. The van der Waals surface area contributed by atoms with E-state index in [1.165, 1.54) is 0 Å². The van der Waals surface area contributed by atoms with E-state index in [-0.39, 0.29) is 11.3 Å². The maximum Gasteiger partial charge on any atom is 0.225 e. The van der Waals surface area contributed by atoms with E-state index in [9.17, 15) is 4.79 Å². The lowest BCUT2D eigenvalue weighted by Gasteiger charge is -2.35. The Hall–Kier alpha value is -1.30. The zero-order valence-corrected chi connectivity index (χ0v) is 15.8. The highest BCUT2D eigenvalue weighted by molar-refractivity contribution is 7.99. The Balaban J connectivity index is 1.55. The molecule has 0 bridgehead atoms. The molecule has 0 aliphatic carbocycles. The van der Waals surface area contributed by atoms with Crippen molar-refractivity contribution in [3.05, 3.63) is 17.8 Å². The third-order valence-electron chi connectivity index (χ3n) is 4.91. The van der Waals surface area contributed by atoms with Gasteiger partial charge in [-0.3, -0.25) is 4.79 Å². The number of nitrogens with zero attached hydrogens (tertiary/aromatic N) is 4. The largest absolute Gasteiger partial charge is 0.355 e. The van der Waals surface area contributed by atoms with Crippen molar-refractivity contribution >= 4 is 23.5 Å². The molecule has 0 N–H and O–H groups in total. The SMILES string of the molecule is CC(C)(C)c1ccc(N2CCC(C(=O)N3CCSCC3)CC2)nn1. The number of carbonyl (C=O) groups excluding carboxylic acids is 1. The topological polar surface area (TPSA) is 49.3 Å². The van der Waals surface area contributed by atoms with Gasteiger partial charge in [-0.1, -0.05) is 20.8 Å². The summed E-state index contributed by atoms with van der Waals surface area (Å²) in [4.78, 5) is 16.9. The number of piperidine rings is 1. The Kier molecular flexibility index (Phi) is 5.33. The number of hydrogen-bond acceptors (Lipinski definition) is 5. The molecular formula is C18H28N4OS. The van der Waals surface area contributed by atoms with Crippen molar-refractivity contribution in [2.75, 3.05) is 42.6 Å². The highest BCUT2D eigenvalue weighted by Gasteiger charge is 2.30. The van der Waals surface area contributed by atoms with Gasteiger partial charge in [0.05, 0.1) is 5.69 Å². The minimum atomic E-state index is 0.0255. The second-order valence-electron chi connectivity index (χ2n) is 7.73. The lowest BCUT2D eigenvalue weighted by atomic mass is 9.92. The van der Waals surface area contributed by atoms with Crippen LogP contribution in [0.25, 0.3) is 0 Å². The molecule has 2 fully saturated rings. The molecule has 0 atom stereocenters. The van der Waals surface area contributed by atoms with Gasteiger partial charge in [0.2, 0.25) is 5.91 Å². The average molecular weight is 349 g/mol. The van der Waals surface area contributed by atoms with Gasteiger partial charge in [-0.15, -0.1) is 5.10 Å². The van der Waals surface area contributed by atoms with Crippen LogP contribution in [0.3, 0.4) is 0 Å². The van der Waals surface area contributed by atoms with Gasteiger partial charge in [-0.2, -0.15) is 16.9 Å². The van der Waals surface area contributed by atoms with Gasteiger partial charge in [-0.05, 0) is 25.0 Å². The summed E-state index contributed by atoms with van der Waals surface area (Å²) in [6, 6.07) is 4.14. The quantitative estimate of drug-likeness (QED) is 0.822. The normalized spacial score (nSPS) is 20.3. The zero-order chi connectivity index (χ0) is 17.2. The van der Waals surface area contributed by atoms with Gasteiger partial charge >= 0.3 is 0 Å². The van der Waals surface area contributed by atoms with Crippen LogP contribution in [0.2, 0.25) is 0 Å². The molecular weight excluding hydrogens is 320 g/mol. The number of rotatable bonds is 2. The summed E-state index contributed by atoms with van der Waals surface area (Å²) in [6.45, 7) is 10.1. The molecule has 0 saturated carbocycles.